The van der Waals surface area contributed by atoms with Crippen molar-refractivity contribution < 1.29 is 14.3 Å². The molecule has 0 atom stereocenters. The molecule has 0 aromatic carbocycles. The Balaban J connectivity index is 2.62. The number of hydrogen-bond donors (Lipinski definition) is 0. The van der Waals surface area contributed by atoms with Crippen molar-refractivity contribution in [2.45, 2.75) is 77.8 Å². The molecule has 2 aromatic rings. The van der Waals surface area contributed by atoms with E-state index in [4.69, 9.17) is 19.4 Å². The Bertz CT molecular complexity index is 936. The summed E-state index contributed by atoms with van der Waals surface area (Å²) in [5.41, 5.74) is 2.15. The van der Waals surface area contributed by atoms with Crippen molar-refractivity contribution in [2.75, 3.05) is 7.11 Å². The minimum absolute atomic E-state index is 0.239. The maximum Gasteiger partial charge on any atom is 0.513 e. The third-order valence-corrected chi connectivity index (χ3v) is 19.0. The Morgan fingerprint density at radius 2 is 1.36 bits per heavy atom. The van der Waals surface area contributed by atoms with Gasteiger partial charge in [-0.25, -0.2) is 4.79 Å². The molecule has 0 amide bonds. The number of carbonyl (C=O) groups is 1. The molecule has 0 saturated carbocycles. The van der Waals surface area contributed by atoms with Crippen molar-refractivity contribution in [3.8, 4) is 11.4 Å². The first-order chi connectivity index (χ1) is 15.8. The van der Waals surface area contributed by atoms with Crippen molar-refractivity contribution in [3.63, 3.8) is 0 Å². The van der Waals surface area contributed by atoms with Gasteiger partial charge < -0.3 is 9.47 Å². The molecule has 0 N–H and O–H groups in total. The predicted molar refractivity (Wildman–Crippen MR) is 144 cm³/mol. The molecule has 0 aliphatic carbocycles. The van der Waals surface area contributed by atoms with Crippen LogP contribution in [0.15, 0.2) is 37.2 Å². The van der Waals surface area contributed by atoms with Gasteiger partial charge in [0.05, 0.1) is 34.6 Å². The van der Waals surface area contributed by atoms with Gasteiger partial charge in [-0.2, -0.15) is 0 Å². The van der Waals surface area contributed by atoms with Gasteiger partial charge in [0.15, 0.2) is 0 Å². The van der Waals surface area contributed by atoms with E-state index in [-0.39, 0.29) is 5.76 Å². The molecule has 0 fully saturated rings. The zero-order valence-corrected chi connectivity index (χ0v) is 23.5. The van der Waals surface area contributed by atoms with Gasteiger partial charge in [0.2, 0.25) is 0 Å². The van der Waals surface area contributed by atoms with Crippen LogP contribution in [0.1, 0.15) is 47.1 Å². The standard InChI is InChI=1S/C26H40N2O3Si2/c1-9-32(10-2,11-3)21-15-16-24(27-18-21)25-23(20(7)31-26(29)30-8)17-22(19-28-25)33(12-4,13-5)14-6/h15-19H,7,9-14H2,1-6,8H3. The smallest absolute Gasteiger partial charge is 0.437 e. The van der Waals surface area contributed by atoms with E-state index in [9.17, 15) is 4.79 Å². The largest absolute Gasteiger partial charge is 0.513 e. The Hall–Kier alpha value is -2.26. The number of pyridine rings is 2. The highest BCUT2D eigenvalue weighted by molar-refractivity contribution is 6.92. The van der Waals surface area contributed by atoms with Crippen molar-refractivity contribution in [3.05, 3.63) is 42.7 Å². The lowest BCUT2D eigenvalue weighted by Gasteiger charge is -2.29. The Kier molecular flexibility index (Phi) is 9.61. The molecule has 2 heterocycles. The molecule has 33 heavy (non-hydrogen) atoms. The fourth-order valence-electron chi connectivity index (χ4n) is 4.94. The van der Waals surface area contributed by atoms with Crippen molar-refractivity contribution >= 4 is 38.4 Å². The normalized spacial score (nSPS) is 11.8. The number of rotatable bonds is 11. The first-order valence-corrected chi connectivity index (χ1v) is 17.5. The lowest BCUT2D eigenvalue weighted by Crippen LogP contribution is -2.46. The molecule has 0 unspecified atom stereocenters. The number of carbonyl (C=O) groups excluding carboxylic acids is 1. The van der Waals surface area contributed by atoms with Crippen LogP contribution in [-0.2, 0) is 9.47 Å². The molecule has 180 valence electrons. The minimum Gasteiger partial charge on any atom is -0.437 e. The Morgan fingerprint density at radius 1 is 0.848 bits per heavy atom. The lowest BCUT2D eigenvalue weighted by atomic mass is 10.1. The highest BCUT2D eigenvalue weighted by Gasteiger charge is 2.32. The summed E-state index contributed by atoms with van der Waals surface area (Å²) in [6.45, 7) is 17.7. The van der Waals surface area contributed by atoms with Gasteiger partial charge in [-0.05, 0) is 22.5 Å². The molecule has 0 aliphatic rings. The van der Waals surface area contributed by atoms with Gasteiger partial charge >= 0.3 is 6.16 Å². The molecular weight excluding hydrogens is 444 g/mol. The number of methoxy groups -OCH3 is 1. The van der Waals surface area contributed by atoms with Gasteiger partial charge in [-0.1, -0.05) is 90.5 Å². The molecular formula is C26H40N2O3Si2. The van der Waals surface area contributed by atoms with Crippen molar-refractivity contribution in [1.29, 1.82) is 0 Å². The third-order valence-electron chi connectivity index (χ3n) is 7.85. The van der Waals surface area contributed by atoms with Gasteiger partial charge in [0.1, 0.15) is 5.76 Å². The molecule has 5 nitrogen and oxygen atoms in total. The van der Waals surface area contributed by atoms with Gasteiger partial charge in [0, 0.05) is 18.0 Å². The molecule has 2 aromatic heterocycles. The SMILES string of the molecule is C=C(OC(=O)OC)c1cc([Si](CC)(CC)CC)cnc1-c1ccc([Si](CC)(CC)CC)cn1. The lowest BCUT2D eigenvalue weighted by molar-refractivity contribution is 0.112. The van der Waals surface area contributed by atoms with Crippen LogP contribution in [-0.4, -0.2) is 39.4 Å². The molecule has 0 spiro atoms. The van der Waals surface area contributed by atoms with Crippen LogP contribution in [0.5, 0.6) is 0 Å². The zero-order valence-electron chi connectivity index (χ0n) is 21.5. The van der Waals surface area contributed by atoms with E-state index in [1.807, 2.05) is 12.4 Å². The number of aromatic nitrogens is 2. The summed E-state index contributed by atoms with van der Waals surface area (Å²) < 4.78 is 10.0. The maximum atomic E-state index is 11.8. The van der Waals surface area contributed by atoms with Crippen LogP contribution >= 0.6 is 0 Å². The van der Waals surface area contributed by atoms with Crippen LogP contribution in [0.2, 0.25) is 36.3 Å². The van der Waals surface area contributed by atoms with E-state index in [1.165, 1.54) is 35.6 Å². The third kappa shape index (κ3) is 5.46. The van der Waals surface area contributed by atoms with Gasteiger partial charge in [-0.3, -0.25) is 9.97 Å². The quantitative estimate of drug-likeness (QED) is 0.212. The van der Waals surface area contributed by atoms with Crippen LogP contribution in [0.3, 0.4) is 0 Å². The average molecular weight is 485 g/mol. The number of hydrogen-bond acceptors (Lipinski definition) is 5. The molecule has 7 heteroatoms. The molecule has 0 aliphatic heterocycles. The topological polar surface area (TPSA) is 61.3 Å². The minimum atomic E-state index is -1.68. The van der Waals surface area contributed by atoms with Gasteiger partial charge in [-0.15, -0.1) is 0 Å². The number of nitrogens with zero attached hydrogens (tertiary/aromatic N) is 2. The zero-order chi connectivity index (χ0) is 24.6. The molecule has 0 radical (unpaired) electrons. The van der Waals surface area contributed by atoms with Crippen LogP contribution in [0, 0.1) is 0 Å². The number of ether oxygens (including phenoxy) is 2. The summed E-state index contributed by atoms with van der Waals surface area (Å²) in [6.07, 6.45) is 3.25. The van der Waals surface area contributed by atoms with E-state index in [2.05, 4.69) is 66.3 Å². The van der Waals surface area contributed by atoms with Crippen molar-refractivity contribution in [2.24, 2.45) is 0 Å². The first kappa shape index (κ1) is 27.0. The molecule has 0 saturated heterocycles. The van der Waals surface area contributed by atoms with Crippen LogP contribution in [0.4, 0.5) is 4.79 Å². The van der Waals surface area contributed by atoms with E-state index in [1.54, 1.807) is 0 Å². The Morgan fingerprint density at radius 3 is 1.82 bits per heavy atom. The summed E-state index contributed by atoms with van der Waals surface area (Å²) >= 11 is 0. The van der Waals surface area contributed by atoms with E-state index >= 15 is 0 Å². The second-order valence-corrected chi connectivity index (χ2v) is 19.2. The average Bonchev–Trinajstić information content (AvgIpc) is 2.87. The van der Waals surface area contributed by atoms with E-state index < -0.39 is 22.3 Å². The van der Waals surface area contributed by atoms with Crippen LogP contribution in [0.25, 0.3) is 17.1 Å². The fraction of sp³-hybridized carbons (Fsp3) is 0.500. The Labute approximate surface area is 201 Å². The second-order valence-electron chi connectivity index (χ2n) is 8.71. The highest BCUT2D eigenvalue weighted by atomic mass is 28.3. The summed E-state index contributed by atoms with van der Waals surface area (Å²) in [7, 11) is -1.90. The maximum absolute atomic E-state index is 11.8. The second kappa shape index (κ2) is 11.7. The van der Waals surface area contributed by atoms with Crippen molar-refractivity contribution in [1.82, 2.24) is 9.97 Å². The van der Waals surface area contributed by atoms with Gasteiger partial charge in [0.25, 0.3) is 0 Å². The van der Waals surface area contributed by atoms with E-state index in [0.717, 1.165) is 23.8 Å². The fourth-order valence-corrected chi connectivity index (χ4v) is 12.0. The summed E-state index contributed by atoms with van der Waals surface area (Å²) in [6, 6.07) is 13.4. The van der Waals surface area contributed by atoms with E-state index in [0.29, 0.717) is 11.3 Å². The highest BCUT2D eigenvalue weighted by Crippen LogP contribution is 2.29. The first-order valence-electron chi connectivity index (χ1n) is 12.2. The summed E-state index contributed by atoms with van der Waals surface area (Å²) in [4.78, 5) is 21.5. The summed E-state index contributed by atoms with van der Waals surface area (Å²) in [5.74, 6) is 0.239. The van der Waals surface area contributed by atoms with Crippen LogP contribution < -0.4 is 10.4 Å². The summed E-state index contributed by atoms with van der Waals surface area (Å²) in [5, 5.41) is 2.64. The molecule has 2 rings (SSSR count). The predicted octanol–water partition coefficient (Wildman–Crippen LogP) is 6.33. The monoisotopic (exact) mass is 484 g/mol. The molecule has 0 bridgehead atoms.